The van der Waals surface area contributed by atoms with Crippen molar-refractivity contribution in [1.82, 2.24) is 15.3 Å². The summed E-state index contributed by atoms with van der Waals surface area (Å²) >= 11 is 0. The molecular weight excluding hydrogens is 232 g/mol. The Hall–Kier alpha value is -1.50. The minimum absolute atomic E-state index is 0.170. The van der Waals surface area contributed by atoms with Gasteiger partial charge < -0.3 is 5.11 Å². The normalized spacial score (nSPS) is 20.0. The molecule has 1 aromatic heterocycles. The fourth-order valence-electron chi connectivity index (χ4n) is 2.29. The Morgan fingerprint density at radius 3 is 3.17 bits per heavy atom. The number of aliphatic hydroxyl groups excluding tert-OH is 1. The van der Waals surface area contributed by atoms with E-state index < -0.39 is 5.91 Å². The number of nitrogen functional groups attached to an aromatic ring is 1. The molecule has 0 radical (unpaired) electrons. The number of carbonyl (C=O) groups is 1. The van der Waals surface area contributed by atoms with Crippen LogP contribution in [0.3, 0.4) is 0 Å². The molecular formula is C12H18N4O2. The molecule has 0 aromatic carbocycles. The summed E-state index contributed by atoms with van der Waals surface area (Å²) in [6.45, 7) is 1.78. The summed E-state index contributed by atoms with van der Waals surface area (Å²) in [5.74, 6) is 4.69. The number of aromatic nitrogens is 1. The van der Waals surface area contributed by atoms with Crippen LogP contribution in [-0.4, -0.2) is 40.1 Å². The molecule has 0 bridgehead atoms. The first-order valence-corrected chi connectivity index (χ1v) is 6.06. The van der Waals surface area contributed by atoms with E-state index in [1.165, 1.54) is 0 Å². The Balaban J connectivity index is 2.07. The van der Waals surface area contributed by atoms with Gasteiger partial charge in [0.1, 0.15) is 5.69 Å². The number of aliphatic hydroxyl groups is 1. The second kappa shape index (κ2) is 5.90. The van der Waals surface area contributed by atoms with Crippen molar-refractivity contribution in [3.8, 4) is 0 Å². The maximum absolute atomic E-state index is 11.4. The maximum Gasteiger partial charge on any atom is 0.283 e. The van der Waals surface area contributed by atoms with Gasteiger partial charge in [0.25, 0.3) is 5.91 Å². The molecule has 1 amide bonds. The van der Waals surface area contributed by atoms with E-state index in [1.54, 1.807) is 12.1 Å². The highest BCUT2D eigenvalue weighted by molar-refractivity contribution is 5.91. The summed E-state index contributed by atoms with van der Waals surface area (Å²) in [5.41, 5.74) is 3.20. The minimum atomic E-state index is -0.392. The first kappa shape index (κ1) is 12.9. The molecule has 2 heterocycles. The molecule has 18 heavy (non-hydrogen) atoms. The molecule has 1 unspecified atom stereocenters. The molecule has 1 aromatic rings. The third-order valence-electron chi connectivity index (χ3n) is 3.25. The molecule has 0 aliphatic carbocycles. The number of likely N-dealkylation sites (tertiary alicyclic amines) is 1. The molecule has 2 rings (SSSR count). The minimum Gasteiger partial charge on any atom is -0.395 e. The van der Waals surface area contributed by atoms with Crippen molar-refractivity contribution in [2.75, 3.05) is 13.2 Å². The molecule has 1 aliphatic heterocycles. The average Bonchev–Trinajstić information content (AvgIpc) is 2.85. The van der Waals surface area contributed by atoms with Crippen molar-refractivity contribution < 1.29 is 9.90 Å². The number of hydrogen-bond donors (Lipinski definition) is 3. The SMILES string of the molecule is NNC(=O)c1cccc(CN2CCCC2CO)n1. The number of carbonyl (C=O) groups excluding carboxylic acids is 1. The van der Waals surface area contributed by atoms with Crippen molar-refractivity contribution in [2.24, 2.45) is 5.84 Å². The Morgan fingerprint density at radius 1 is 1.61 bits per heavy atom. The number of amides is 1. The standard InChI is InChI=1S/C12H18N4O2/c13-15-12(18)11-5-1-3-9(14-11)7-16-6-2-4-10(16)8-17/h1,3,5,10,17H,2,4,6-8,13H2,(H,15,18). The summed E-state index contributed by atoms with van der Waals surface area (Å²) in [6.07, 6.45) is 2.10. The molecule has 4 N–H and O–H groups in total. The number of nitrogens with one attached hydrogen (secondary N) is 1. The van der Waals surface area contributed by atoms with Crippen molar-refractivity contribution in [2.45, 2.75) is 25.4 Å². The fourth-order valence-corrected chi connectivity index (χ4v) is 2.29. The first-order chi connectivity index (χ1) is 8.74. The monoisotopic (exact) mass is 250 g/mol. The zero-order valence-electron chi connectivity index (χ0n) is 10.2. The van der Waals surface area contributed by atoms with Crippen LogP contribution in [0.1, 0.15) is 29.0 Å². The van der Waals surface area contributed by atoms with Crippen LogP contribution in [0.2, 0.25) is 0 Å². The van der Waals surface area contributed by atoms with Gasteiger partial charge in [0.2, 0.25) is 0 Å². The van der Waals surface area contributed by atoms with Gasteiger partial charge in [-0.3, -0.25) is 15.1 Å². The molecule has 6 heteroatoms. The summed E-state index contributed by atoms with van der Waals surface area (Å²) in [6, 6.07) is 5.50. The lowest BCUT2D eigenvalue weighted by Crippen LogP contribution is -2.33. The highest BCUT2D eigenvalue weighted by Crippen LogP contribution is 2.18. The van der Waals surface area contributed by atoms with Gasteiger partial charge in [-0.2, -0.15) is 0 Å². The molecule has 1 fully saturated rings. The molecule has 0 spiro atoms. The lowest BCUT2D eigenvalue weighted by Gasteiger charge is -2.22. The Kier molecular flexibility index (Phi) is 4.24. The van der Waals surface area contributed by atoms with Crippen LogP contribution in [0.5, 0.6) is 0 Å². The highest BCUT2D eigenvalue weighted by atomic mass is 16.3. The topological polar surface area (TPSA) is 91.5 Å². The highest BCUT2D eigenvalue weighted by Gasteiger charge is 2.24. The predicted molar refractivity (Wildman–Crippen MR) is 66.4 cm³/mol. The van der Waals surface area contributed by atoms with Crippen LogP contribution in [0.25, 0.3) is 0 Å². The van der Waals surface area contributed by atoms with Gasteiger partial charge in [-0.25, -0.2) is 10.8 Å². The number of nitrogens with two attached hydrogens (primary N) is 1. The number of rotatable bonds is 4. The van der Waals surface area contributed by atoms with Gasteiger partial charge in [-0.05, 0) is 31.5 Å². The lowest BCUT2D eigenvalue weighted by atomic mass is 10.2. The van der Waals surface area contributed by atoms with Gasteiger partial charge >= 0.3 is 0 Å². The van der Waals surface area contributed by atoms with Gasteiger partial charge in [-0.1, -0.05) is 6.07 Å². The van der Waals surface area contributed by atoms with Crippen LogP contribution in [0.4, 0.5) is 0 Å². The zero-order chi connectivity index (χ0) is 13.0. The van der Waals surface area contributed by atoms with E-state index in [9.17, 15) is 9.90 Å². The third-order valence-corrected chi connectivity index (χ3v) is 3.25. The summed E-state index contributed by atoms with van der Waals surface area (Å²) in [7, 11) is 0. The van der Waals surface area contributed by atoms with E-state index >= 15 is 0 Å². The van der Waals surface area contributed by atoms with Crippen LogP contribution in [0.15, 0.2) is 18.2 Å². The van der Waals surface area contributed by atoms with E-state index in [0.29, 0.717) is 12.2 Å². The Morgan fingerprint density at radius 2 is 2.44 bits per heavy atom. The summed E-state index contributed by atoms with van der Waals surface area (Å²) in [4.78, 5) is 17.8. The fraction of sp³-hybridized carbons (Fsp3) is 0.500. The van der Waals surface area contributed by atoms with E-state index in [4.69, 9.17) is 5.84 Å². The van der Waals surface area contributed by atoms with Crippen molar-refractivity contribution in [1.29, 1.82) is 0 Å². The molecule has 6 nitrogen and oxygen atoms in total. The van der Waals surface area contributed by atoms with Crippen LogP contribution in [-0.2, 0) is 6.54 Å². The predicted octanol–water partition coefficient (Wildman–Crippen LogP) is -0.358. The van der Waals surface area contributed by atoms with E-state index in [2.05, 4.69) is 15.3 Å². The number of pyridine rings is 1. The summed E-state index contributed by atoms with van der Waals surface area (Å²) < 4.78 is 0. The molecule has 1 aliphatic rings. The average molecular weight is 250 g/mol. The smallest absolute Gasteiger partial charge is 0.283 e. The maximum atomic E-state index is 11.4. The van der Waals surface area contributed by atoms with E-state index in [0.717, 1.165) is 25.1 Å². The molecule has 1 atom stereocenters. The Labute approximate surface area is 106 Å². The van der Waals surface area contributed by atoms with Gasteiger partial charge in [0.05, 0.1) is 12.3 Å². The molecule has 98 valence electrons. The van der Waals surface area contributed by atoms with Crippen molar-refractivity contribution in [3.63, 3.8) is 0 Å². The second-order valence-corrected chi connectivity index (χ2v) is 4.44. The van der Waals surface area contributed by atoms with Gasteiger partial charge in [0, 0.05) is 12.6 Å². The first-order valence-electron chi connectivity index (χ1n) is 6.06. The van der Waals surface area contributed by atoms with Crippen LogP contribution < -0.4 is 11.3 Å². The Bertz CT molecular complexity index is 424. The van der Waals surface area contributed by atoms with Crippen LogP contribution in [0, 0.1) is 0 Å². The molecule has 0 saturated carbocycles. The summed E-state index contributed by atoms with van der Waals surface area (Å²) in [5, 5.41) is 9.25. The van der Waals surface area contributed by atoms with Crippen LogP contribution >= 0.6 is 0 Å². The second-order valence-electron chi connectivity index (χ2n) is 4.44. The number of hydrogen-bond acceptors (Lipinski definition) is 5. The largest absolute Gasteiger partial charge is 0.395 e. The third kappa shape index (κ3) is 2.84. The van der Waals surface area contributed by atoms with Crippen molar-refractivity contribution >= 4 is 5.91 Å². The van der Waals surface area contributed by atoms with Crippen molar-refractivity contribution in [3.05, 3.63) is 29.6 Å². The van der Waals surface area contributed by atoms with E-state index in [-0.39, 0.29) is 12.6 Å². The number of nitrogens with zero attached hydrogens (tertiary/aromatic N) is 2. The number of hydrazine groups is 1. The quantitative estimate of drug-likeness (QED) is 0.386. The van der Waals surface area contributed by atoms with Gasteiger partial charge in [0.15, 0.2) is 0 Å². The van der Waals surface area contributed by atoms with Gasteiger partial charge in [-0.15, -0.1) is 0 Å². The zero-order valence-corrected chi connectivity index (χ0v) is 10.2. The van der Waals surface area contributed by atoms with E-state index in [1.807, 2.05) is 6.07 Å². The lowest BCUT2D eigenvalue weighted by molar-refractivity contribution is 0.0947. The molecule has 1 saturated heterocycles.